The molecule has 92 valence electrons. The van der Waals surface area contributed by atoms with Crippen molar-refractivity contribution < 1.29 is 0 Å². The summed E-state index contributed by atoms with van der Waals surface area (Å²) in [5.74, 6) is 0. The van der Waals surface area contributed by atoms with Gasteiger partial charge in [0.1, 0.15) is 0 Å². The highest BCUT2D eigenvalue weighted by Gasteiger charge is 2.07. The molecule has 18 heavy (non-hydrogen) atoms. The van der Waals surface area contributed by atoms with Gasteiger partial charge in [-0.15, -0.1) is 11.3 Å². The van der Waals surface area contributed by atoms with Gasteiger partial charge in [0.15, 0.2) is 4.96 Å². The Hall–Kier alpha value is -1.72. The van der Waals surface area contributed by atoms with Crippen molar-refractivity contribution in [3.8, 4) is 0 Å². The van der Waals surface area contributed by atoms with Crippen LogP contribution in [0, 0.1) is 0 Å². The summed E-state index contributed by atoms with van der Waals surface area (Å²) in [7, 11) is 0. The van der Waals surface area contributed by atoms with Gasteiger partial charge in [-0.3, -0.25) is 9.38 Å². The highest BCUT2D eigenvalue weighted by Crippen LogP contribution is 2.13. The number of hydrogen-bond acceptors (Lipinski definition) is 4. The quantitative estimate of drug-likeness (QED) is 0.782. The first-order chi connectivity index (χ1) is 8.83. The lowest BCUT2D eigenvalue weighted by Crippen LogP contribution is -2.18. The normalized spacial score (nSPS) is 12.9. The van der Waals surface area contributed by atoms with Gasteiger partial charge in [-0.1, -0.05) is 6.07 Å². The standard InChI is InChI=1S/C13H14N4S/c1-10(11-3-2-4-14-7-11)15-8-12-9-17-5-6-18-13(17)16-12/h2-7,9-10,15H,8H2,1H3. The molecule has 0 amide bonds. The molecule has 0 saturated heterocycles. The number of nitrogens with one attached hydrogen (secondary N) is 1. The Morgan fingerprint density at radius 2 is 2.44 bits per heavy atom. The molecule has 3 heterocycles. The van der Waals surface area contributed by atoms with Crippen LogP contribution in [0.4, 0.5) is 0 Å². The van der Waals surface area contributed by atoms with Crippen LogP contribution in [0.15, 0.2) is 42.3 Å². The molecular weight excluding hydrogens is 244 g/mol. The van der Waals surface area contributed by atoms with Crippen LogP contribution in [0.3, 0.4) is 0 Å². The number of imidazole rings is 1. The van der Waals surface area contributed by atoms with Crippen LogP contribution in [0.25, 0.3) is 4.96 Å². The molecule has 3 aromatic heterocycles. The van der Waals surface area contributed by atoms with E-state index in [-0.39, 0.29) is 6.04 Å². The van der Waals surface area contributed by atoms with E-state index >= 15 is 0 Å². The monoisotopic (exact) mass is 258 g/mol. The molecule has 0 aliphatic heterocycles. The zero-order valence-electron chi connectivity index (χ0n) is 10.1. The molecular formula is C13H14N4S. The lowest BCUT2D eigenvalue weighted by molar-refractivity contribution is 0.567. The summed E-state index contributed by atoms with van der Waals surface area (Å²) >= 11 is 1.65. The summed E-state index contributed by atoms with van der Waals surface area (Å²) in [6, 6.07) is 4.31. The van der Waals surface area contributed by atoms with Crippen molar-refractivity contribution in [3.05, 3.63) is 53.6 Å². The average Bonchev–Trinajstić information content (AvgIpc) is 2.97. The van der Waals surface area contributed by atoms with E-state index in [4.69, 9.17) is 0 Å². The number of rotatable bonds is 4. The van der Waals surface area contributed by atoms with Crippen molar-refractivity contribution in [2.45, 2.75) is 19.5 Å². The predicted molar refractivity (Wildman–Crippen MR) is 72.6 cm³/mol. The summed E-state index contributed by atoms with van der Waals surface area (Å²) in [5, 5.41) is 5.49. The van der Waals surface area contributed by atoms with E-state index in [2.05, 4.69) is 38.9 Å². The topological polar surface area (TPSA) is 42.2 Å². The first-order valence-electron chi connectivity index (χ1n) is 5.87. The van der Waals surface area contributed by atoms with Crippen molar-refractivity contribution in [2.75, 3.05) is 0 Å². The lowest BCUT2D eigenvalue weighted by atomic mass is 10.1. The molecule has 0 fully saturated rings. The minimum Gasteiger partial charge on any atom is -0.304 e. The van der Waals surface area contributed by atoms with Gasteiger partial charge in [0.05, 0.1) is 5.69 Å². The van der Waals surface area contributed by atoms with Crippen molar-refractivity contribution in [2.24, 2.45) is 0 Å². The van der Waals surface area contributed by atoms with Crippen LogP contribution in [0.1, 0.15) is 24.2 Å². The minimum absolute atomic E-state index is 0.276. The number of nitrogens with zero attached hydrogens (tertiary/aromatic N) is 3. The van der Waals surface area contributed by atoms with E-state index in [1.54, 1.807) is 17.5 Å². The van der Waals surface area contributed by atoms with Crippen LogP contribution < -0.4 is 5.32 Å². The third kappa shape index (κ3) is 2.27. The molecule has 1 N–H and O–H groups in total. The fraction of sp³-hybridized carbons (Fsp3) is 0.231. The highest BCUT2D eigenvalue weighted by molar-refractivity contribution is 7.15. The molecule has 4 nitrogen and oxygen atoms in total. The lowest BCUT2D eigenvalue weighted by Gasteiger charge is -2.12. The van der Waals surface area contributed by atoms with Gasteiger partial charge in [0.2, 0.25) is 0 Å². The molecule has 3 rings (SSSR count). The maximum atomic E-state index is 4.54. The fourth-order valence-electron chi connectivity index (χ4n) is 1.87. The molecule has 0 aliphatic rings. The van der Waals surface area contributed by atoms with Crippen molar-refractivity contribution in [1.82, 2.24) is 19.7 Å². The van der Waals surface area contributed by atoms with Gasteiger partial charge in [0.25, 0.3) is 0 Å². The van der Waals surface area contributed by atoms with Gasteiger partial charge in [-0.25, -0.2) is 4.98 Å². The molecule has 1 atom stereocenters. The first kappa shape index (κ1) is 11.4. The Morgan fingerprint density at radius 3 is 3.22 bits per heavy atom. The Morgan fingerprint density at radius 1 is 1.50 bits per heavy atom. The number of pyridine rings is 1. The number of hydrogen-bond donors (Lipinski definition) is 1. The first-order valence-corrected chi connectivity index (χ1v) is 6.75. The summed E-state index contributed by atoms with van der Waals surface area (Å²) < 4.78 is 2.05. The molecule has 0 aliphatic carbocycles. The molecule has 0 saturated carbocycles. The van der Waals surface area contributed by atoms with E-state index in [0.717, 1.165) is 17.2 Å². The Labute approximate surface area is 109 Å². The van der Waals surface area contributed by atoms with Gasteiger partial charge < -0.3 is 5.32 Å². The van der Waals surface area contributed by atoms with Crippen LogP contribution in [0.5, 0.6) is 0 Å². The maximum Gasteiger partial charge on any atom is 0.193 e. The third-order valence-corrected chi connectivity index (χ3v) is 3.69. The number of thiazole rings is 1. The molecule has 1 unspecified atom stereocenters. The van der Waals surface area contributed by atoms with Gasteiger partial charge in [-0.05, 0) is 18.6 Å². The smallest absolute Gasteiger partial charge is 0.193 e. The largest absolute Gasteiger partial charge is 0.304 e. The molecule has 0 bridgehead atoms. The molecule has 0 aromatic carbocycles. The van der Waals surface area contributed by atoms with Crippen LogP contribution in [-0.2, 0) is 6.54 Å². The molecule has 0 spiro atoms. The van der Waals surface area contributed by atoms with Crippen molar-refractivity contribution >= 4 is 16.3 Å². The van der Waals surface area contributed by atoms with Crippen LogP contribution >= 0.6 is 11.3 Å². The highest BCUT2D eigenvalue weighted by atomic mass is 32.1. The van der Waals surface area contributed by atoms with E-state index in [9.17, 15) is 0 Å². The van der Waals surface area contributed by atoms with E-state index in [1.165, 1.54) is 5.56 Å². The van der Waals surface area contributed by atoms with Crippen molar-refractivity contribution in [3.63, 3.8) is 0 Å². The van der Waals surface area contributed by atoms with Crippen LogP contribution in [-0.4, -0.2) is 14.4 Å². The van der Waals surface area contributed by atoms with Gasteiger partial charge >= 0.3 is 0 Å². The van der Waals surface area contributed by atoms with Crippen molar-refractivity contribution in [1.29, 1.82) is 0 Å². The summed E-state index contributed by atoms with van der Waals surface area (Å²) in [6.45, 7) is 2.90. The average molecular weight is 258 g/mol. The summed E-state index contributed by atoms with van der Waals surface area (Å²) in [5.41, 5.74) is 2.26. The molecule has 5 heteroatoms. The molecule has 3 aromatic rings. The van der Waals surface area contributed by atoms with E-state index in [1.807, 2.05) is 23.8 Å². The third-order valence-electron chi connectivity index (χ3n) is 2.92. The Kier molecular flexibility index (Phi) is 3.08. The number of fused-ring (bicyclic) bond motifs is 1. The second-order valence-electron chi connectivity index (χ2n) is 4.21. The Bertz CT molecular complexity index is 600. The second-order valence-corrected chi connectivity index (χ2v) is 5.09. The maximum absolute atomic E-state index is 4.54. The van der Waals surface area contributed by atoms with Crippen LogP contribution in [0.2, 0.25) is 0 Å². The van der Waals surface area contributed by atoms with E-state index in [0.29, 0.717) is 0 Å². The molecule has 0 radical (unpaired) electrons. The second kappa shape index (κ2) is 4.88. The van der Waals surface area contributed by atoms with E-state index < -0.39 is 0 Å². The summed E-state index contributed by atoms with van der Waals surface area (Å²) in [4.78, 5) is 9.71. The predicted octanol–water partition coefficient (Wildman–Crippen LogP) is 2.64. The zero-order chi connectivity index (χ0) is 12.4. The number of aromatic nitrogens is 3. The minimum atomic E-state index is 0.276. The van der Waals surface area contributed by atoms with Gasteiger partial charge in [-0.2, -0.15) is 0 Å². The fourth-order valence-corrected chi connectivity index (χ4v) is 2.59. The Balaban J connectivity index is 1.66. The summed E-state index contributed by atoms with van der Waals surface area (Å²) in [6.07, 6.45) is 7.78. The SMILES string of the molecule is CC(NCc1cn2ccsc2n1)c1cccnc1. The van der Waals surface area contributed by atoms with Gasteiger partial charge in [0, 0.05) is 42.8 Å². The zero-order valence-corrected chi connectivity index (χ0v) is 10.9.